The SMILES string of the molecule is COc1ncc(-c2ccc3oc(C4NC(=O)NC4=O)cc3n2)c(OC)n1. The number of urea groups is 1. The minimum atomic E-state index is -0.876. The Balaban J connectivity index is 1.75. The van der Waals surface area contributed by atoms with Crippen molar-refractivity contribution in [3.63, 3.8) is 0 Å². The van der Waals surface area contributed by atoms with Crippen molar-refractivity contribution in [3.05, 3.63) is 30.2 Å². The first-order valence-corrected chi connectivity index (χ1v) is 7.56. The van der Waals surface area contributed by atoms with Gasteiger partial charge in [0.25, 0.3) is 5.91 Å². The number of aromatic nitrogens is 3. The highest BCUT2D eigenvalue weighted by Crippen LogP contribution is 2.31. The second kappa shape index (κ2) is 5.99. The van der Waals surface area contributed by atoms with Gasteiger partial charge in [-0.2, -0.15) is 4.98 Å². The van der Waals surface area contributed by atoms with Crippen molar-refractivity contribution in [2.45, 2.75) is 6.04 Å². The van der Waals surface area contributed by atoms with Gasteiger partial charge in [0.1, 0.15) is 11.3 Å². The van der Waals surface area contributed by atoms with Crippen LogP contribution in [0.4, 0.5) is 4.79 Å². The Hall–Kier alpha value is -3.69. The molecule has 0 spiro atoms. The zero-order valence-electron chi connectivity index (χ0n) is 13.8. The smallest absolute Gasteiger partial charge is 0.322 e. The summed E-state index contributed by atoms with van der Waals surface area (Å²) in [7, 11) is 2.95. The molecule has 0 aromatic carbocycles. The Morgan fingerprint density at radius 2 is 2.00 bits per heavy atom. The first-order chi connectivity index (χ1) is 12.6. The van der Waals surface area contributed by atoms with Crippen molar-refractivity contribution in [1.29, 1.82) is 0 Å². The van der Waals surface area contributed by atoms with E-state index in [4.69, 9.17) is 13.9 Å². The monoisotopic (exact) mass is 355 g/mol. The summed E-state index contributed by atoms with van der Waals surface area (Å²) in [6.45, 7) is 0. The fourth-order valence-corrected chi connectivity index (χ4v) is 2.63. The molecule has 1 fully saturated rings. The third-order valence-electron chi connectivity index (χ3n) is 3.84. The second-order valence-electron chi connectivity index (χ2n) is 5.40. The average Bonchev–Trinajstić information content (AvgIpc) is 3.22. The number of furan rings is 1. The fraction of sp³-hybridized carbons (Fsp3) is 0.188. The molecule has 0 saturated carbocycles. The Morgan fingerprint density at radius 1 is 1.15 bits per heavy atom. The van der Waals surface area contributed by atoms with Crippen LogP contribution in [0, 0.1) is 0 Å². The van der Waals surface area contributed by atoms with E-state index in [2.05, 4.69) is 25.6 Å². The Bertz CT molecular complexity index is 1030. The lowest BCUT2D eigenvalue weighted by atomic mass is 10.2. The lowest BCUT2D eigenvalue weighted by Crippen LogP contribution is -2.22. The number of pyridine rings is 1. The Morgan fingerprint density at radius 3 is 2.69 bits per heavy atom. The van der Waals surface area contributed by atoms with E-state index < -0.39 is 18.0 Å². The number of carbonyl (C=O) groups excluding carboxylic acids is 2. The molecule has 10 heteroatoms. The second-order valence-corrected chi connectivity index (χ2v) is 5.40. The average molecular weight is 355 g/mol. The van der Waals surface area contributed by atoms with E-state index in [0.29, 0.717) is 34.0 Å². The molecule has 4 rings (SSSR count). The molecule has 1 aliphatic heterocycles. The van der Waals surface area contributed by atoms with Crippen molar-refractivity contribution < 1.29 is 23.5 Å². The minimum Gasteiger partial charge on any atom is -0.480 e. The largest absolute Gasteiger partial charge is 0.480 e. The summed E-state index contributed by atoms with van der Waals surface area (Å²) in [6, 6.07) is 3.77. The van der Waals surface area contributed by atoms with Gasteiger partial charge in [-0.25, -0.2) is 14.8 Å². The molecule has 3 amide bonds. The zero-order valence-corrected chi connectivity index (χ0v) is 13.8. The predicted molar refractivity (Wildman–Crippen MR) is 87.6 cm³/mol. The molecule has 132 valence electrons. The van der Waals surface area contributed by atoms with Crippen LogP contribution in [-0.4, -0.2) is 41.1 Å². The molecule has 10 nitrogen and oxygen atoms in total. The molecular weight excluding hydrogens is 342 g/mol. The Kier molecular flexibility index (Phi) is 3.64. The van der Waals surface area contributed by atoms with E-state index in [1.54, 1.807) is 24.4 Å². The van der Waals surface area contributed by atoms with Crippen LogP contribution in [0.1, 0.15) is 11.8 Å². The Labute approximate surface area is 146 Å². The highest BCUT2D eigenvalue weighted by molar-refractivity contribution is 6.04. The number of methoxy groups -OCH3 is 2. The van der Waals surface area contributed by atoms with Gasteiger partial charge in [0.2, 0.25) is 5.88 Å². The van der Waals surface area contributed by atoms with Gasteiger partial charge < -0.3 is 19.2 Å². The van der Waals surface area contributed by atoms with Crippen LogP contribution in [-0.2, 0) is 4.79 Å². The molecule has 2 N–H and O–H groups in total. The molecule has 3 aromatic rings. The van der Waals surface area contributed by atoms with Crippen LogP contribution in [0.25, 0.3) is 22.4 Å². The molecule has 0 aliphatic carbocycles. The van der Waals surface area contributed by atoms with Crippen LogP contribution in [0.5, 0.6) is 11.9 Å². The number of fused-ring (bicyclic) bond motifs is 1. The lowest BCUT2D eigenvalue weighted by molar-refractivity contribution is -0.120. The first kappa shape index (κ1) is 15.8. The quantitative estimate of drug-likeness (QED) is 0.668. The van der Waals surface area contributed by atoms with Crippen molar-refractivity contribution >= 4 is 23.0 Å². The number of nitrogens with one attached hydrogen (secondary N) is 2. The van der Waals surface area contributed by atoms with E-state index in [-0.39, 0.29) is 6.01 Å². The summed E-state index contributed by atoms with van der Waals surface area (Å²) in [5.41, 5.74) is 2.13. The first-order valence-electron chi connectivity index (χ1n) is 7.56. The molecule has 1 unspecified atom stereocenters. The van der Waals surface area contributed by atoms with E-state index in [1.165, 1.54) is 14.2 Å². The van der Waals surface area contributed by atoms with Crippen molar-refractivity contribution in [3.8, 4) is 23.1 Å². The maximum Gasteiger partial charge on any atom is 0.322 e. The normalized spacial score (nSPS) is 16.5. The van der Waals surface area contributed by atoms with Crippen LogP contribution >= 0.6 is 0 Å². The number of ether oxygens (including phenoxy) is 2. The standard InChI is InChI=1S/C16H13N5O5/c1-24-14-7(6-17-16(21-14)25-2)8-3-4-10-9(18-8)5-11(26-10)12-13(22)20-15(23)19-12/h3-6,12H,1-2H3,(H2,19,20,22,23). The van der Waals surface area contributed by atoms with Gasteiger partial charge in [0.05, 0.1) is 25.5 Å². The minimum absolute atomic E-state index is 0.181. The van der Waals surface area contributed by atoms with Crippen molar-refractivity contribution in [1.82, 2.24) is 25.6 Å². The molecule has 1 saturated heterocycles. The summed E-state index contributed by atoms with van der Waals surface area (Å²) >= 11 is 0. The summed E-state index contributed by atoms with van der Waals surface area (Å²) in [4.78, 5) is 35.8. The molecule has 4 heterocycles. The van der Waals surface area contributed by atoms with Crippen molar-refractivity contribution in [2.24, 2.45) is 0 Å². The molecule has 26 heavy (non-hydrogen) atoms. The number of rotatable bonds is 4. The molecule has 3 aromatic heterocycles. The molecule has 1 aliphatic rings. The maximum atomic E-state index is 11.8. The van der Waals surface area contributed by atoms with Gasteiger partial charge in [-0.1, -0.05) is 0 Å². The number of nitrogens with zero attached hydrogens (tertiary/aromatic N) is 3. The number of hydrogen-bond donors (Lipinski definition) is 2. The van der Waals surface area contributed by atoms with Gasteiger partial charge in [-0.15, -0.1) is 0 Å². The predicted octanol–water partition coefficient (Wildman–Crippen LogP) is 1.18. The van der Waals surface area contributed by atoms with Gasteiger partial charge in [0, 0.05) is 12.3 Å². The van der Waals surface area contributed by atoms with Gasteiger partial charge in [-0.3, -0.25) is 10.1 Å². The number of amides is 3. The number of hydrogen-bond acceptors (Lipinski definition) is 8. The van der Waals surface area contributed by atoms with Crippen LogP contribution in [0.15, 0.2) is 28.8 Å². The maximum absolute atomic E-state index is 11.8. The summed E-state index contributed by atoms with van der Waals surface area (Å²) in [5.74, 6) is 0.139. The van der Waals surface area contributed by atoms with Gasteiger partial charge in [0.15, 0.2) is 11.6 Å². The van der Waals surface area contributed by atoms with Gasteiger partial charge >= 0.3 is 12.0 Å². The van der Waals surface area contributed by atoms with E-state index >= 15 is 0 Å². The van der Waals surface area contributed by atoms with Crippen LogP contribution in [0.3, 0.4) is 0 Å². The highest BCUT2D eigenvalue weighted by atomic mass is 16.5. The fourth-order valence-electron chi connectivity index (χ4n) is 2.63. The molecule has 0 bridgehead atoms. The van der Waals surface area contributed by atoms with Crippen LogP contribution in [0.2, 0.25) is 0 Å². The summed E-state index contributed by atoms with van der Waals surface area (Å²) in [5, 5.41) is 4.64. The van der Waals surface area contributed by atoms with E-state index in [0.717, 1.165) is 0 Å². The molecule has 1 atom stereocenters. The third-order valence-corrected chi connectivity index (χ3v) is 3.84. The number of carbonyl (C=O) groups is 2. The molecular formula is C16H13N5O5. The summed E-state index contributed by atoms with van der Waals surface area (Å²) < 4.78 is 15.9. The highest BCUT2D eigenvalue weighted by Gasteiger charge is 2.33. The summed E-state index contributed by atoms with van der Waals surface area (Å²) in [6.07, 6.45) is 1.55. The van der Waals surface area contributed by atoms with E-state index in [1.807, 2.05) is 0 Å². The lowest BCUT2D eigenvalue weighted by Gasteiger charge is -2.07. The molecule has 0 radical (unpaired) electrons. The van der Waals surface area contributed by atoms with E-state index in [9.17, 15) is 9.59 Å². The van der Waals surface area contributed by atoms with Crippen molar-refractivity contribution in [2.75, 3.05) is 14.2 Å². The van der Waals surface area contributed by atoms with Crippen LogP contribution < -0.4 is 20.1 Å². The van der Waals surface area contributed by atoms with Gasteiger partial charge in [-0.05, 0) is 12.1 Å². The zero-order chi connectivity index (χ0) is 18.3. The topological polar surface area (TPSA) is 128 Å². The number of imide groups is 1. The third kappa shape index (κ3) is 2.57.